The molecule has 0 aliphatic rings. The number of halogens is 2. The molecule has 1 heterocycles. The number of benzene rings is 5. The molecule has 0 saturated carbocycles. The Hall–Kier alpha value is -3.54. The zero-order valence-corrected chi connectivity index (χ0v) is 28.7. The molecule has 0 atom stereocenters. The molecule has 5 heteroatoms. The third-order valence-corrected chi connectivity index (χ3v) is 9.16. The SMILES string of the molecule is CC(C)(C)c1cc(Br)c2c(c1)c1cc(C(C)(C)C)cc(Br)c1n2-c1ccc(Nc2ccccc2)cc1Nc1ccccc1. The van der Waals surface area contributed by atoms with E-state index in [4.69, 9.17) is 0 Å². The van der Waals surface area contributed by atoms with Crippen LogP contribution >= 0.6 is 31.9 Å². The van der Waals surface area contributed by atoms with Crippen molar-refractivity contribution in [2.75, 3.05) is 10.6 Å². The molecule has 0 fully saturated rings. The lowest BCUT2D eigenvalue weighted by Gasteiger charge is -2.21. The predicted molar refractivity (Wildman–Crippen MR) is 193 cm³/mol. The summed E-state index contributed by atoms with van der Waals surface area (Å²) in [5.74, 6) is 0. The fourth-order valence-corrected chi connectivity index (χ4v) is 6.83. The number of hydrogen-bond acceptors (Lipinski definition) is 2. The van der Waals surface area contributed by atoms with Gasteiger partial charge < -0.3 is 15.2 Å². The van der Waals surface area contributed by atoms with Gasteiger partial charge in [-0.05, 0) is 121 Å². The number of anilines is 4. The van der Waals surface area contributed by atoms with E-state index in [1.54, 1.807) is 0 Å². The maximum Gasteiger partial charge on any atom is 0.0699 e. The Balaban J connectivity index is 1.67. The third-order valence-electron chi connectivity index (χ3n) is 7.95. The van der Waals surface area contributed by atoms with E-state index in [9.17, 15) is 0 Å². The van der Waals surface area contributed by atoms with E-state index in [1.807, 2.05) is 24.3 Å². The Kier molecular flexibility index (Phi) is 7.68. The maximum absolute atomic E-state index is 4.03. The topological polar surface area (TPSA) is 29.0 Å². The molecule has 0 aliphatic heterocycles. The van der Waals surface area contributed by atoms with Crippen LogP contribution in [0.3, 0.4) is 0 Å². The van der Waals surface area contributed by atoms with E-state index >= 15 is 0 Å². The van der Waals surface area contributed by atoms with E-state index in [0.717, 1.165) is 48.4 Å². The van der Waals surface area contributed by atoms with Crippen molar-refractivity contribution in [1.29, 1.82) is 0 Å². The van der Waals surface area contributed by atoms with Crippen molar-refractivity contribution < 1.29 is 0 Å². The standard InChI is InChI=1S/C38H37Br2N3/c1-37(2,3)24-19-29-30-20-25(38(4,5)6)22-32(40)36(30)43(35(29)31(39)21-24)34-18-17-28(41-26-13-9-7-10-14-26)23-33(34)42-27-15-11-8-12-16-27/h7-23,41-42H,1-6H3. The lowest BCUT2D eigenvalue weighted by molar-refractivity contribution is 0.590. The molecular formula is C38H37Br2N3. The molecular weight excluding hydrogens is 658 g/mol. The molecule has 0 spiro atoms. The van der Waals surface area contributed by atoms with Gasteiger partial charge >= 0.3 is 0 Å². The fraction of sp³-hybridized carbons (Fsp3) is 0.211. The number of nitrogens with one attached hydrogen (secondary N) is 2. The Labute approximate surface area is 271 Å². The van der Waals surface area contributed by atoms with Crippen LogP contribution in [-0.2, 0) is 10.8 Å². The third kappa shape index (κ3) is 5.85. The summed E-state index contributed by atoms with van der Waals surface area (Å²) in [6.07, 6.45) is 0. The molecule has 2 N–H and O–H groups in total. The first-order chi connectivity index (χ1) is 20.4. The lowest BCUT2D eigenvalue weighted by Crippen LogP contribution is -2.11. The van der Waals surface area contributed by atoms with Crippen molar-refractivity contribution in [2.24, 2.45) is 0 Å². The van der Waals surface area contributed by atoms with Crippen LogP contribution in [0.5, 0.6) is 0 Å². The molecule has 0 aliphatic carbocycles. The van der Waals surface area contributed by atoms with Crippen molar-refractivity contribution in [1.82, 2.24) is 4.57 Å². The van der Waals surface area contributed by atoms with Gasteiger partial charge in [0, 0.05) is 36.8 Å². The van der Waals surface area contributed by atoms with Gasteiger partial charge in [-0.3, -0.25) is 0 Å². The van der Waals surface area contributed by atoms with E-state index < -0.39 is 0 Å². The predicted octanol–water partition coefficient (Wildman–Crippen LogP) is 12.4. The average Bonchev–Trinajstić information content (AvgIpc) is 3.29. The lowest BCUT2D eigenvalue weighted by atomic mass is 9.85. The van der Waals surface area contributed by atoms with Gasteiger partial charge in [0.1, 0.15) is 0 Å². The van der Waals surface area contributed by atoms with E-state index in [-0.39, 0.29) is 10.8 Å². The minimum atomic E-state index is 0.00871. The van der Waals surface area contributed by atoms with Crippen LogP contribution in [0.4, 0.5) is 22.7 Å². The van der Waals surface area contributed by atoms with Crippen molar-refractivity contribution >= 4 is 76.4 Å². The van der Waals surface area contributed by atoms with Gasteiger partial charge in [0.05, 0.1) is 22.4 Å². The Morgan fingerprint density at radius 2 is 0.977 bits per heavy atom. The fourth-order valence-electron chi connectivity index (χ4n) is 5.56. The summed E-state index contributed by atoms with van der Waals surface area (Å²) in [6.45, 7) is 13.6. The molecule has 0 amide bonds. The Morgan fingerprint density at radius 1 is 0.512 bits per heavy atom. The molecule has 0 unspecified atom stereocenters. The summed E-state index contributed by atoms with van der Waals surface area (Å²) < 4.78 is 4.55. The highest BCUT2D eigenvalue weighted by Crippen LogP contribution is 2.45. The van der Waals surface area contributed by atoms with Crippen molar-refractivity contribution in [2.45, 2.75) is 52.4 Å². The molecule has 43 heavy (non-hydrogen) atoms. The normalized spacial score (nSPS) is 12.2. The second-order valence-electron chi connectivity index (χ2n) is 13.3. The summed E-state index contributed by atoms with van der Waals surface area (Å²) in [4.78, 5) is 0. The molecule has 0 saturated heterocycles. The van der Waals surface area contributed by atoms with Gasteiger partial charge in [0.25, 0.3) is 0 Å². The molecule has 5 aromatic carbocycles. The van der Waals surface area contributed by atoms with Crippen molar-refractivity contribution in [3.8, 4) is 5.69 Å². The number of aromatic nitrogens is 1. The van der Waals surface area contributed by atoms with Crippen molar-refractivity contribution in [3.63, 3.8) is 0 Å². The van der Waals surface area contributed by atoms with Gasteiger partial charge in [0.15, 0.2) is 0 Å². The van der Waals surface area contributed by atoms with E-state index in [1.165, 1.54) is 21.9 Å². The summed E-state index contributed by atoms with van der Waals surface area (Å²) >= 11 is 8.06. The second kappa shape index (κ2) is 11.2. The minimum absolute atomic E-state index is 0.00871. The van der Waals surface area contributed by atoms with Gasteiger partial charge in [-0.1, -0.05) is 77.9 Å². The van der Waals surface area contributed by atoms with Crippen LogP contribution < -0.4 is 10.6 Å². The monoisotopic (exact) mass is 693 g/mol. The molecule has 3 nitrogen and oxygen atoms in total. The van der Waals surface area contributed by atoms with Crippen LogP contribution in [0.2, 0.25) is 0 Å². The highest BCUT2D eigenvalue weighted by molar-refractivity contribution is 9.11. The molecule has 1 aromatic heterocycles. The zero-order chi connectivity index (χ0) is 30.5. The van der Waals surface area contributed by atoms with Crippen LogP contribution in [0.1, 0.15) is 52.7 Å². The summed E-state index contributed by atoms with van der Waals surface area (Å²) in [7, 11) is 0. The number of hydrogen-bond donors (Lipinski definition) is 2. The average molecular weight is 696 g/mol. The first-order valence-electron chi connectivity index (χ1n) is 14.7. The van der Waals surface area contributed by atoms with Gasteiger partial charge in [-0.15, -0.1) is 0 Å². The Bertz CT molecular complexity index is 1870. The number of nitrogens with zero attached hydrogens (tertiary/aromatic N) is 1. The largest absolute Gasteiger partial charge is 0.355 e. The molecule has 0 bridgehead atoms. The maximum atomic E-state index is 4.03. The molecule has 6 rings (SSSR count). The second-order valence-corrected chi connectivity index (χ2v) is 15.0. The number of para-hydroxylation sites is 2. The zero-order valence-electron chi connectivity index (χ0n) is 25.5. The van der Waals surface area contributed by atoms with E-state index in [2.05, 4.69) is 167 Å². The highest BCUT2D eigenvalue weighted by Gasteiger charge is 2.25. The summed E-state index contributed by atoms with van der Waals surface area (Å²) in [5.41, 5.74) is 10.1. The summed E-state index contributed by atoms with van der Waals surface area (Å²) in [5, 5.41) is 9.78. The van der Waals surface area contributed by atoms with Gasteiger partial charge in [-0.25, -0.2) is 0 Å². The van der Waals surface area contributed by atoms with Crippen LogP contribution in [-0.4, -0.2) is 4.57 Å². The first-order valence-corrected chi connectivity index (χ1v) is 16.3. The molecule has 6 aromatic rings. The van der Waals surface area contributed by atoms with Gasteiger partial charge in [0.2, 0.25) is 0 Å². The molecule has 0 radical (unpaired) electrons. The van der Waals surface area contributed by atoms with Gasteiger partial charge in [-0.2, -0.15) is 0 Å². The Morgan fingerprint density at radius 3 is 1.44 bits per heavy atom. The quantitative estimate of drug-likeness (QED) is 0.188. The van der Waals surface area contributed by atoms with Crippen LogP contribution in [0, 0.1) is 0 Å². The summed E-state index contributed by atoms with van der Waals surface area (Å²) in [6, 6.07) is 36.6. The smallest absolute Gasteiger partial charge is 0.0699 e. The van der Waals surface area contributed by atoms with Crippen LogP contribution in [0.25, 0.3) is 27.5 Å². The molecule has 218 valence electrons. The minimum Gasteiger partial charge on any atom is -0.355 e. The first kappa shape index (κ1) is 29.5. The number of rotatable bonds is 5. The van der Waals surface area contributed by atoms with E-state index in [0.29, 0.717) is 0 Å². The van der Waals surface area contributed by atoms with Crippen molar-refractivity contribution in [3.05, 3.63) is 123 Å². The van der Waals surface area contributed by atoms with Crippen LogP contribution in [0.15, 0.2) is 112 Å². The number of fused-ring (bicyclic) bond motifs is 3. The highest BCUT2D eigenvalue weighted by atomic mass is 79.9.